The zero-order valence-corrected chi connectivity index (χ0v) is 10.6. The lowest BCUT2D eigenvalue weighted by atomic mass is 9.97. The van der Waals surface area contributed by atoms with Crippen molar-refractivity contribution in [2.45, 2.75) is 52.0 Å². The molecule has 6 nitrogen and oxygen atoms in total. The second kappa shape index (κ2) is 5.16. The summed E-state index contributed by atoms with van der Waals surface area (Å²) in [7, 11) is 0. The van der Waals surface area contributed by atoms with Crippen LogP contribution in [0.3, 0.4) is 0 Å². The largest absolute Gasteiger partial charge is 0.480 e. The first-order valence-electron chi connectivity index (χ1n) is 5.68. The third-order valence-electron chi connectivity index (χ3n) is 2.25. The molecule has 0 aliphatic rings. The smallest absolute Gasteiger partial charge is 0.326 e. The van der Waals surface area contributed by atoms with E-state index in [1.807, 2.05) is 27.7 Å². The lowest BCUT2D eigenvalue weighted by molar-refractivity contribution is -0.138. The monoisotopic (exact) mass is 241 g/mol. The van der Waals surface area contributed by atoms with Gasteiger partial charge in [-0.25, -0.2) is 4.79 Å². The Labute approximate surface area is 100 Å². The van der Waals surface area contributed by atoms with Gasteiger partial charge in [-0.1, -0.05) is 34.1 Å². The number of hydrogen-bond donors (Lipinski definition) is 2. The number of anilines is 1. The van der Waals surface area contributed by atoms with Crippen LogP contribution in [0, 0.1) is 0 Å². The number of carbonyl (C=O) groups is 1. The van der Waals surface area contributed by atoms with Gasteiger partial charge in [0.2, 0.25) is 5.89 Å². The van der Waals surface area contributed by atoms with Crippen molar-refractivity contribution in [1.29, 1.82) is 0 Å². The Balaban J connectivity index is 2.74. The van der Waals surface area contributed by atoms with E-state index in [9.17, 15) is 4.79 Å². The van der Waals surface area contributed by atoms with Gasteiger partial charge in [-0.05, 0) is 11.6 Å². The summed E-state index contributed by atoms with van der Waals surface area (Å²) in [6, 6.07) is -0.676. The number of nitrogens with zero attached hydrogens (tertiary/aromatic N) is 2. The van der Waals surface area contributed by atoms with Crippen molar-refractivity contribution < 1.29 is 14.4 Å². The average Bonchev–Trinajstić information content (AvgIpc) is 2.64. The van der Waals surface area contributed by atoms with E-state index in [-0.39, 0.29) is 11.4 Å². The van der Waals surface area contributed by atoms with Crippen LogP contribution in [0.1, 0.15) is 46.4 Å². The molecule has 1 aromatic heterocycles. The van der Waals surface area contributed by atoms with Crippen LogP contribution in [0.2, 0.25) is 0 Å². The van der Waals surface area contributed by atoms with Crippen LogP contribution < -0.4 is 5.32 Å². The summed E-state index contributed by atoms with van der Waals surface area (Å²) in [5.74, 6) is -0.189. The van der Waals surface area contributed by atoms with Crippen molar-refractivity contribution in [2.24, 2.45) is 0 Å². The molecule has 1 atom stereocenters. The highest BCUT2D eigenvalue weighted by Gasteiger charge is 2.24. The van der Waals surface area contributed by atoms with E-state index in [0.717, 1.165) is 6.42 Å². The minimum Gasteiger partial charge on any atom is -0.480 e. The lowest BCUT2D eigenvalue weighted by Gasteiger charge is -2.12. The van der Waals surface area contributed by atoms with Crippen LogP contribution in [0.4, 0.5) is 5.95 Å². The molecule has 0 amide bonds. The zero-order valence-electron chi connectivity index (χ0n) is 10.6. The standard InChI is InChI=1S/C11H19N3O3/c1-5-6-7(8(15)16)12-10-13-9(17-14-10)11(2,3)4/h7H,5-6H2,1-4H3,(H,12,14)(H,15,16). The fourth-order valence-electron chi connectivity index (χ4n) is 1.29. The second-order valence-corrected chi connectivity index (χ2v) is 5.00. The Bertz CT molecular complexity index is 382. The molecule has 1 heterocycles. The molecule has 96 valence electrons. The predicted molar refractivity (Wildman–Crippen MR) is 63.0 cm³/mol. The summed E-state index contributed by atoms with van der Waals surface area (Å²) < 4.78 is 5.07. The molecule has 0 radical (unpaired) electrons. The highest BCUT2D eigenvalue weighted by molar-refractivity contribution is 5.76. The molecular weight excluding hydrogens is 222 g/mol. The molecule has 0 spiro atoms. The number of carboxylic acid groups (broad SMARTS) is 1. The third-order valence-corrected chi connectivity index (χ3v) is 2.25. The molecule has 0 saturated heterocycles. The number of aliphatic carboxylic acids is 1. The Kier molecular flexibility index (Phi) is 4.09. The van der Waals surface area contributed by atoms with Gasteiger partial charge in [-0.3, -0.25) is 0 Å². The molecule has 17 heavy (non-hydrogen) atoms. The van der Waals surface area contributed by atoms with E-state index in [4.69, 9.17) is 9.63 Å². The molecule has 6 heteroatoms. The van der Waals surface area contributed by atoms with Gasteiger partial charge < -0.3 is 14.9 Å². The Morgan fingerprint density at radius 3 is 2.59 bits per heavy atom. The number of rotatable bonds is 5. The third kappa shape index (κ3) is 3.72. The highest BCUT2D eigenvalue weighted by Crippen LogP contribution is 2.21. The van der Waals surface area contributed by atoms with E-state index >= 15 is 0 Å². The van der Waals surface area contributed by atoms with Gasteiger partial charge in [-0.15, -0.1) is 0 Å². The number of carboxylic acids is 1. The predicted octanol–water partition coefficient (Wildman–Crippen LogP) is 2.03. The first kappa shape index (κ1) is 13.5. The van der Waals surface area contributed by atoms with Crippen molar-refractivity contribution in [2.75, 3.05) is 5.32 Å². The Hall–Kier alpha value is -1.59. The van der Waals surface area contributed by atoms with Crippen molar-refractivity contribution >= 4 is 11.9 Å². The van der Waals surface area contributed by atoms with Crippen LogP contribution in [0.5, 0.6) is 0 Å². The van der Waals surface area contributed by atoms with Crippen LogP contribution in [0.15, 0.2) is 4.52 Å². The number of hydrogen-bond acceptors (Lipinski definition) is 5. The first-order valence-corrected chi connectivity index (χ1v) is 5.68. The topological polar surface area (TPSA) is 88.3 Å². The number of aromatic nitrogens is 2. The minimum atomic E-state index is -0.908. The SMILES string of the molecule is CCCC(Nc1noc(C(C)(C)C)n1)C(=O)O. The van der Waals surface area contributed by atoms with Gasteiger partial charge in [-0.2, -0.15) is 4.98 Å². The van der Waals surface area contributed by atoms with Crippen LogP contribution in [0.25, 0.3) is 0 Å². The van der Waals surface area contributed by atoms with Gasteiger partial charge in [0.1, 0.15) is 6.04 Å². The van der Waals surface area contributed by atoms with Gasteiger partial charge in [0.25, 0.3) is 5.95 Å². The van der Waals surface area contributed by atoms with Gasteiger partial charge >= 0.3 is 5.97 Å². The number of nitrogens with one attached hydrogen (secondary N) is 1. The zero-order chi connectivity index (χ0) is 13.1. The van der Waals surface area contributed by atoms with E-state index in [2.05, 4.69) is 15.5 Å². The molecule has 0 bridgehead atoms. The van der Waals surface area contributed by atoms with Crippen molar-refractivity contribution in [3.63, 3.8) is 0 Å². The van der Waals surface area contributed by atoms with E-state index in [1.165, 1.54) is 0 Å². The molecule has 0 aliphatic carbocycles. The maximum absolute atomic E-state index is 10.9. The van der Waals surface area contributed by atoms with Crippen molar-refractivity contribution in [1.82, 2.24) is 10.1 Å². The summed E-state index contributed by atoms with van der Waals surface area (Å²) in [5, 5.41) is 15.5. The fraction of sp³-hybridized carbons (Fsp3) is 0.727. The first-order chi connectivity index (χ1) is 7.84. The Morgan fingerprint density at radius 2 is 2.18 bits per heavy atom. The lowest BCUT2D eigenvalue weighted by Crippen LogP contribution is -2.29. The molecule has 0 aromatic carbocycles. The van der Waals surface area contributed by atoms with Crippen molar-refractivity contribution in [3.05, 3.63) is 5.89 Å². The highest BCUT2D eigenvalue weighted by atomic mass is 16.5. The van der Waals surface area contributed by atoms with E-state index < -0.39 is 12.0 Å². The molecule has 0 fully saturated rings. The Morgan fingerprint density at radius 1 is 1.53 bits per heavy atom. The van der Waals surface area contributed by atoms with Crippen LogP contribution in [-0.4, -0.2) is 27.3 Å². The maximum Gasteiger partial charge on any atom is 0.326 e. The molecule has 0 aliphatic heterocycles. The summed E-state index contributed by atoms with van der Waals surface area (Å²) in [5.41, 5.74) is -0.240. The minimum absolute atomic E-state index is 0.232. The molecule has 1 aromatic rings. The van der Waals surface area contributed by atoms with Crippen molar-refractivity contribution in [3.8, 4) is 0 Å². The molecule has 2 N–H and O–H groups in total. The van der Waals surface area contributed by atoms with E-state index in [0.29, 0.717) is 12.3 Å². The van der Waals surface area contributed by atoms with Gasteiger partial charge in [0, 0.05) is 5.41 Å². The molecule has 1 rings (SSSR count). The van der Waals surface area contributed by atoms with Crippen LogP contribution >= 0.6 is 0 Å². The fourth-order valence-corrected chi connectivity index (χ4v) is 1.29. The van der Waals surface area contributed by atoms with Gasteiger partial charge in [0.05, 0.1) is 0 Å². The second-order valence-electron chi connectivity index (χ2n) is 5.00. The van der Waals surface area contributed by atoms with Crippen LogP contribution in [-0.2, 0) is 10.2 Å². The summed E-state index contributed by atoms with van der Waals surface area (Å²) in [4.78, 5) is 15.1. The normalized spacial score (nSPS) is 13.4. The summed E-state index contributed by atoms with van der Waals surface area (Å²) in [6.07, 6.45) is 1.29. The molecular formula is C11H19N3O3. The van der Waals surface area contributed by atoms with Gasteiger partial charge in [0.15, 0.2) is 0 Å². The molecule has 1 unspecified atom stereocenters. The quantitative estimate of drug-likeness (QED) is 0.820. The van der Waals surface area contributed by atoms with E-state index in [1.54, 1.807) is 0 Å². The summed E-state index contributed by atoms with van der Waals surface area (Å²) >= 11 is 0. The molecule has 0 saturated carbocycles. The summed E-state index contributed by atoms with van der Waals surface area (Å²) in [6.45, 7) is 7.77. The average molecular weight is 241 g/mol. The maximum atomic E-state index is 10.9.